The third-order valence-electron chi connectivity index (χ3n) is 3.93. The summed E-state index contributed by atoms with van der Waals surface area (Å²) in [7, 11) is 0. The van der Waals surface area contributed by atoms with E-state index >= 15 is 0 Å². The molecular formula is C18H19ClN2O. The molecule has 0 aliphatic rings. The Labute approximate surface area is 135 Å². The number of aromatic nitrogens is 2. The minimum atomic E-state index is 0.412. The number of hydrogen-bond donors (Lipinski definition) is 1. The first-order chi connectivity index (χ1) is 10.7. The summed E-state index contributed by atoms with van der Waals surface area (Å²) in [6, 6.07) is 13.9. The lowest BCUT2D eigenvalue weighted by atomic mass is 9.99. The summed E-state index contributed by atoms with van der Waals surface area (Å²) in [4.78, 5) is 7.71. The largest absolute Gasteiger partial charge is 0.486 e. The van der Waals surface area contributed by atoms with Crippen molar-refractivity contribution in [1.82, 2.24) is 9.97 Å². The van der Waals surface area contributed by atoms with Gasteiger partial charge in [0.05, 0.1) is 11.0 Å². The predicted octanol–water partition coefficient (Wildman–Crippen LogP) is 5.31. The zero-order chi connectivity index (χ0) is 15.5. The van der Waals surface area contributed by atoms with Gasteiger partial charge in [0.1, 0.15) is 18.2 Å². The normalized spacial score (nSPS) is 12.5. The summed E-state index contributed by atoms with van der Waals surface area (Å²) in [6.45, 7) is 4.84. The van der Waals surface area contributed by atoms with E-state index in [1.807, 2.05) is 30.3 Å². The molecule has 1 N–H and O–H groups in total. The van der Waals surface area contributed by atoms with Crippen molar-refractivity contribution in [3.8, 4) is 5.75 Å². The Kier molecular flexibility index (Phi) is 4.34. The van der Waals surface area contributed by atoms with Gasteiger partial charge in [0.25, 0.3) is 0 Å². The number of nitrogens with one attached hydrogen (secondary N) is 1. The molecule has 0 bridgehead atoms. The summed E-state index contributed by atoms with van der Waals surface area (Å²) >= 11 is 5.97. The molecule has 2 aromatic carbocycles. The van der Waals surface area contributed by atoms with Crippen LogP contribution in [0.1, 0.15) is 37.6 Å². The standard InChI is InChI=1S/C18H19ClN2O/c1-3-12(2)13-4-7-15(8-5-13)22-11-18-20-16-9-6-14(19)10-17(16)21-18/h4-10,12H,3,11H2,1-2H3,(H,20,21). The van der Waals surface area contributed by atoms with E-state index in [1.165, 1.54) is 5.56 Å². The number of benzene rings is 2. The predicted molar refractivity (Wildman–Crippen MR) is 90.6 cm³/mol. The fourth-order valence-electron chi connectivity index (χ4n) is 2.38. The van der Waals surface area contributed by atoms with Gasteiger partial charge in [-0.1, -0.05) is 37.6 Å². The Hall–Kier alpha value is -2.00. The Bertz CT molecular complexity index is 764. The first kappa shape index (κ1) is 14.9. The maximum atomic E-state index is 5.97. The zero-order valence-corrected chi connectivity index (χ0v) is 13.5. The van der Waals surface area contributed by atoms with Gasteiger partial charge in [-0.15, -0.1) is 0 Å². The lowest BCUT2D eigenvalue weighted by molar-refractivity contribution is 0.297. The highest BCUT2D eigenvalue weighted by Crippen LogP contribution is 2.22. The maximum Gasteiger partial charge on any atom is 0.146 e. The van der Waals surface area contributed by atoms with E-state index < -0.39 is 0 Å². The third-order valence-corrected chi connectivity index (χ3v) is 4.17. The van der Waals surface area contributed by atoms with Gasteiger partial charge in [-0.25, -0.2) is 4.98 Å². The fraction of sp³-hybridized carbons (Fsp3) is 0.278. The molecular weight excluding hydrogens is 296 g/mol. The molecule has 114 valence electrons. The third kappa shape index (κ3) is 3.25. The number of fused-ring (bicyclic) bond motifs is 1. The number of imidazole rings is 1. The van der Waals surface area contributed by atoms with Gasteiger partial charge >= 0.3 is 0 Å². The van der Waals surface area contributed by atoms with Crippen molar-refractivity contribution in [3.63, 3.8) is 0 Å². The molecule has 0 aliphatic carbocycles. The summed E-state index contributed by atoms with van der Waals surface area (Å²) in [6.07, 6.45) is 1.14. The Morgan fingerprint density at radius 1 is 1.18 bits per heavy atom. The molecule has 1 unspecified atom stereocenters. The van der Waals surface area contributed by atoms with Crippen molar-refractivity contribution in [2.24, 2.45) is 0 Å². The van der Waals surface area contributed by atoms with Crippen LogP contribution in [-0.4, -0.2) is 9.97 Å². The number of ether oxygens (including phenoxy) is 1. The maximum absolute atomic E-state index is 5.97. The van der Waals surface area contributed by atoms with Gasteiger partial charge in [-0.05, 0) is 48.2 Å². The lowest BCUT2D eigenvalue weighted by Crippen LogP contribution is -1.98. The van der Waals surface area contributed by atoms with E-state index in [9.17, 15) is 0 Å². The van der Waals surface area contributed by atoms with Crippen molar-refractivity contribution in [2.45, 2.75) is 32.8 Å². The molecule has 3 rings (SSSR count). The molecule has 0 amide bonds. The smallest absolute Gasteiger partial charge is 0.146 e. The molecule has 0 saturated carbocycles. The van der Waals surface area contributed by atoms with E-state index in [0.29, 0.717) is 17.5 Å². The van der Waals surface area contributed by atoms with E-state index in [0.717, 1.165) is 29.0 Å². The summed E-state index contributed by atoms with van der Waals surface area (Å²) in [5.74, 6) is 2.22. The van der Waals surface area contributed by atoms with Crippen LogP contribution in [0, 0.1) is 0 Å². The number of aromatic amines is 1. The fourth-order valence-corrected chi connectivity index (χ4v) is 2.56. The van der Waals surface area contributed by atoms with Crippen LogP contribution in [0.3, 0.4) is 0 Å². The molecule has 1 aromatic heterocycles. The second kappa shape index (κ2) is 6.41. The highest BCUT2D eigenvalue weighted by molar-refractivity contribution is 6.31. The van der Waals surface area contributed by atoms with Crippen LogP contribution in [0.15, 0.2) is 42.5 Å². The van der Waals surface area contributed by atoms with Gasteiger partial charge in [0.2, 0.25) is 0 Å². The number of rotatable bonds is 5. The molecule has 3 nitrogen and oxygen atoms in total. The monoisotopic (exact) mass is 314 g/mol. The van der Waals surface area contributed by atoms with Crippen LogP contribution in [0.2, 0.25) is 5.02 Å². The molecule has 1 atom stereocenters. The van der Waals surface area contributed by atoms with Gasteiger partial charge in [0.15, 0.2) is 0 Å². The highest BCUT2D eigenvalue weighted by Gasteiger charge is 2.06. The summed E-state index contributed by atoms with van der Waals surface area (Å²) < 4.78 is 5.79. The van der Waals surface area contributed by atoms with Crippen molar-refractivity contribution in [1.29, 1.82) is 0 Å². The first-order valence-corrected chi connectivity index (χ1v) is 7.90. The molecule has 0 fully saturated rings. The van der Waals surface area contributed by atoms with Gasteiger partial charge in [-0.2, -0.15) is 0 Å². The van der Waals surface area contributed by atoms with E-state index in [2.05, 4.69) is 35.9 Å². The number of nitrogens with zero attached hydrogens (tertiary/aromatic N) is 1. The summed E-state index contributed by atoms with van der Waals surface area (Å²) in [5, 5.41) is 0.698. The van der Waals surface area contributed by atoms with E-state index in [1.54, 1.807) is 0 Å². The minimum Gasteiger partial charge on any atom is -0.486 e. The Balaban J connectivity index is 1.68. The molecule has 0 radical (unpaired) electrons. The van der Waals surface area contributed by atoms with E-state index in [-0.39, 0.29) is 0 Å². The van der Waals surface area contributed by atoms with Crippen LogP contribution in [0.25, 0.3) is 11.0 Å². The highest BCUT2D eigenvalue weighted by atomic mass is 35.5. The number of halogens is 1. The van der Waals surface area contributed by atoms with Crippen molar-refractivity contribution in [3.05, 3.63) is 58.9 Å². The van der Waals surface area contributed by atoms with Crippen LogP contribution in [0.5, 0.6) is 5.75 Å². The quantitative estimate of drug-likeness (QED) is 0.693. The van der Waals surface area contributed by atoms with Gasteiger partial charge in [-0.3, -0.25) is 0 Å². The van der Waals surface area contributed by atoms with Gasteiger partial charge < -0.3 is 9.72 Å². The second-order valence-electron chi connectivity index (χ2n) is 5.51. The van der Waals surface area contributed by atoms with Crippen molar-refractivity contribution >= 4 is 22.6 Å². The molecule has 1 heterocycles. The average Bonchev–Trinajstić information content (AvgIpc) is 2.94. The van der Waals surface area contributed by atoms with Crippen molar-refractivity contribution in [2.75, 3.05) is 0 Å². The lowest BCUT2D eigenvalue weighted by Gasteiger charge is -2.10. The number of hydrogen-bond acceptors (Lipinski definition) is 2. The van der Waals surface area contributed by atoms with Crippen LogP contribution in [0.4, 0.5) is 0 Å². The molecule has 0 saturated heterocycles. The second-order valence-corrected chi connectivity index (χ2v) is 5.95. The van der Waals surface area contributed by atoms with Crippen LogP contribution in [-0.2, 0) is 6.61 Å². The molecule has 0 aliphatic heterocycles. The van der Waals surface area contributed by atoms with E-state index in [4.69, 9.17) is 16.3 Å². The Morgan fingerprint density at radius 3 is 2.68 bits per heavy atom. The number of H-pyrrole nitrogens is 1. The SMILES string of the molecule is CCC(C)c1ccc(OCc2nc3ccc(Cl)cc3[nH]2)cc1. The summed E-state index contributed by atoms with van der Waals surface area (Å²) in [5.41, 5.74) is 3.17. The van der Waals surface area contributed by atoms with Crippen LogP contribution < -0.4 is 4.74 Å². The van der Waals surface area contributed by atoms with Crippen LogP contribution >= 0.6 is 11.6 Å². The topological polar surface area (TPSA) is 37.9 Å². The first-order valence-electron chi connectivity index (χ1n) is 7.52. The zero-order valence-electron chi connectivity index (χ0n) is 12.8. The minimum absolute atomic E-state index is 0.412. The molecule has 0 spiro atoms. The Morgan fingerprint density at radius 2 is 1.95 bits per heavy atom. The average molecular weight is 315 g/mol. The molecule has 22 heavy (non-hydrogen) atoms. The molecule has 4 heteroatoms. The molecule has 3 aromatic rings. The van der Waals surface area contributed by atoms with Gasteiger partial charge in [0, 0.05) is 5.02 Å². The van der Waals surface area contributed by atoms with Crippen molar-refractivity contribution < 1.29 is 4.74 Å².